The highest BCUT2D eigenvalue weighted by Crippen LogP contribution is 2.22. The van der Waals surface area contributed by atoms with Crippen molar-refractivity contribution in [2.75, 3.05) is 12.3 Å². The van der Waals surface area contributed by atoms with E-state index in [4.69, 9.17) is 5.73 Å². The first-order valence-electron chi connectivity index (χ1n) is 5.37. The quantitative estimate of drug-likeness (QED) is 0.742. The molecule has 7 heteroatoms. The van der Waals surface area contributed by atoms with Crippen LogP contribution in [0.3, 0.4) is 0 Å². The van der Waals surface area contributed by atoms with Crippen LogP contribution in [0.5, 0.6) is 0 Å². The normalized spacial score (nSPS) is 13.5. The summed E-state index contributed by atoms with van der Waals surface area (Å²) in [6.07, 6.45) is 3.56. The van der Waals surface area contributed by atoms with Crippen LogP contribution >= 0.6 is 0 Å². The fourth-order valence-electron chi connectivity index (χ4n) is 1.33. The van der Waals surface area contributed by atoms with Gasteiger partial charge in [0.25, 0.3) is 0 Å². The lowest BCUT2D eigenvalue weighted by Gasteiger charge is -2.11. The van der Waals surface area contributed by atoms with Crippen LogP contribution in [-0.4, -0.2) is 24.7 Å². The second-order valence-corrected chi connectivity index (χ2v) is 5.47. The van der Waals surface area contributed by atoms with Gasteiger partial charge in [0, 0.05) is 6.54 Å². The molecule has 0 radical (unpaired) electrons. The van der Waals surface area contributed by atoms with E-state index in [9.17, 15) is 8.42 Å². The highest BCUT2D eigenvalue weighted by atomic mass is 32.2. The van der Waals surface area contributed by atoms with Gasteiger partial charge >= 0.3 is 0 Å². The predicted octanol–water partition coefficient (Wildman–Crippen LogP) is 0.901. The summed E-state index contributed by atoms with van der Waals surface area (Å²) in [4.78, 5) is 0.0136. The monoisotopic (exact) mass is 258 g/mol. The van der Waals surface area contributed by atoms with Crippen molar-refractivity contribution in [3.8, 4) is 0 Å². The number of hydrogen-bond acceptors (Lipinski definition) is 4. The molecule has 1 aromatic heterocycles. The van der Waals surface area contributed by atoms with Gasteiger partial charge in [-0.3, -0.25) is 0 Å². The molecule has 1 rings (SSSR count). The van der Waals surface area contributed by atoms with Crippen molar-refractivity contribution >= 4 is 15.8 Å². The average Bonchev–Trinajstić information content (AvgIpc) is 2.68. The minimum absolute atomic E-state index is 0.0136. The van der Waals surface area contributed by atoms with E-state index in [0.717, 1.165) is 6.42 Å². The van der Waals surface area contributed by atoms with E-state index in [0.29, 0.717) is 0 Å². The summed E-state index contributed by atoms with van der Waals surface area (Å²) in [6.45, 7) is 7.52. The van der Waals surface area contributed by atoms with Crippen molar-refractivity contribution in [2.24, 2.45) is 0 Å². The topological polar surface area (TPSA) is 90.0 Å². The molecule has 0 aliphatic heterocycles. The summed E-state index contributed by atoms with van der Waals surface area (Å²) in [5, 5.41) is 4.01. The maximum absolute atomic E-state index is 11.8. The smallest absolute Gasteiger partial charge is 0.246 e. The van der Waals surface area contributed by atoms with Gasteiger partial charge in [-0.2, -0.15) is 5.10 Å². The fraction of sp³-hybridized carbons (Fsp3) is 0.500. The van der Waals surface area contributed by atoms with Crippen LogP contribution in [0.25, 0.3) is 0 Å². The largest absolute Gasteiger partial charge is 0.383 e. The van der Waals surface area contributed by atoms with Crippen molar-refractivity contribution in [3.63, 3.8) is 0 Å². The standard InChI is InChI=1S/C10H18N4O2S/c1-4-6-13-17(15,16)9-7-12-14(10(9)11)8(3)5-2/h4,7-8,13H,1,5-6,11H2,2-3H3. The third-order valence-electron chi connectivity index (χ3n) is 2.51. The third kappa shape index (κ3) is 2.86. The van der Waals surface area contributed by atoms with Crippen molar-refractivity contribution in [1.29, 1.82) is 0 Å². The first kappa shape index (κ1) is 13.7. The van der Waals surface area contributed by atoms with Gasteiger partial charge in [-0.1, -0.05) is 13.0 Å². The molecule has 1 aromatic rings. The van der Waals surface area contributed by atoms with E-state index >= 15 is 0 Å². The maximum atomic E-state index is 11.8. The Kier molecular flexibility index (Phi) is 4.30. The summed E-state index contributed by atoms with van der Waals surface area (Å²) >= 11 is 0. The molecule has 6 nitrogen and oxygen atoms in total. The number of nitrogen functional groups attached to an aromatic ring is 1. The lowest BCUT2D eigenvalue weighted by Crippen LogP contribution is -2.24. The molecule has 0 saturated heterocycles. The van der Waals surface area contributed by atoms with Gasteiger partial charge in [0.05, 0.1) is 12.2 Å². The average molecular weight is 258 g/mol. The van der Waals surface area contributed by atoms with E-state index in [1.165, 1.54) is 17.0 Å². The van der Waals surface area contributed by atoms with Crippen LogP contribution in [0, 0.1) is 0 Å². The van der Waals surface area contributed by atoms with Gasteiger partial charge in [0.15, 0.2) is 0 Å². The molecule has 96 valence electrons. The lowest BCUT2D eigenvalue weighted by atomic mass is 10.3. The number of sulfonamides is 1. The number of rotatable bonds is 6. The van der Waals surface area contributed by atoms with Crippen molar-refractivity contribution in [1.82, 2.24) is 14.5 Å². The van der Waals surface area contributed by atoms with E-state index in [1.807, 2.05) is 13.8 Å². The molecule has 0 aliphatic carbocycles. The van der Waals surface area contributed by atoms with Gasteiger partial charge in [0.1, 0.15) is 10.7 Å². The van der Waals surface area contributed by atoms with Crippen LogP contribution < -0.4 is 10.5 Å². The zero-order chi connectivity index (χ0) is 13.1. The number of hydrogen-bond donors (Lipinski definition) is 2. The highest BCUT2D eigenvalue weighted by Gasteiger charge is 2.22. The molecular formula is C10H18N4O2S. The lowest BCUT2D eigenvalue weighted by molar-refractivity contribution is 0.484. The van der Waals surface area contributed by atoms with Gasteiger partial charge < -0.3 is 5.73 Å². The molecule has 0 fully saturated rings. The number of nitrogens with zero attached hydrogens (tertiary/aromatic N) is 2. The molecule has 3 N–H and O–H groups in total. The van der Waals surface area contributed by atoms with E-state index < -0.39 is 10.0 Å². The zero-order valence-electron chi connectivity index (χ0n) is 10.0. The third-order valence-corrected chi connectivity index (χ3v) is 3.95. The molecule has 0 saturated carbocycles. The molecule has 0 bridgehead atoms. The maximum Gasteiger partial charge on any atom is 0.246 e. The van der Waals surface area contributed by atoms with E-state index in [1.54, 1.807) is 0 Å². The minimum Gasteiger partial charge on any atom is -0.383 e. The summed E-state index contributed by atoms with van der Waals surface area (Å²) in [5.41, 5.74) is 5.79. The Morgan fingerprint density at radius 2 is 2.35 bits per heavy atom. The molecule has 1 unspecified atom stereocenters. The molecule has 1 atom stereocenters. The van der Waals surface area contributed by atoms with Crippen LogP contribution in [-0.2, 0) is 10.0 Å². The van der Waals surface area contributed by atoms with Crippen LogP contribution in [0.4, 0.5) is 5.82 Å². The summed E-state index contributed by atoms with van der Waals surface area (Å²) in [5.74, 6) is 0.163. The molecular weight excluding hydrogens is 240 g/mol. The Hall–Kier alpha value is -1.34. The Bertz CT molecular complexity index is 492. The first-order valence-corrected chi connectivity index (χ1v) is 6.85. The number of aromatic nitrogens is 2. The number of anilines is 1. The van der Waals surface area contributed by atoms with E-state index in [2.05, 4.69) is 16.4 Å². The highest BCUT2D eigenvalue weighted by molar-refractivity contribution is 7.89. The van der Waals surface area contributed by atoms with Crippen molar-refractivity contribution < 1.29 is 8.42 Å². The summed E-state index contributed by atoms with van der Waals surface area (Å²) < 4.78 is 27.6. The van der Waals surface area contributed by atoms with Crippen LogP contribution in [0.1, 0.15) is 26.3 Å². The number of nitrogens with two attached hydrogens (primary N) is 1. The van der Waals surface area contributed by atoms with Gasteiger partial charge in [0.2, 0.25) is 10.0 Å². The van der Waals surface area contributed by atoms with Gasteiger partial charge in [-0.25, -0.2) is 17.8 Å². The van der Waals surface area contributed by atoms with Crippen molar-refractivity contribution in [3.05, 3.63) is 18.9 Å². The number of nitrogens with one attached hydrogen (secondary N) is 1. The molecule has 1 heterocycles. The van der Waals surface area contributed by atoms with Gasteiger partial charge in [-0.15, -0.1) is 6.58 Å². The Morgan fingerprint density at radius 1 is 1.71 bits per heavy atom. The Morgan fingerprint density at radius 3 is 2.88 bits per heavy atom. The minimum atomic E-state index is -3.60. The van der Waals surface area contributed by atoms with Crippen LogP contribution in [0.2, 0.25) is 0 Å². The van der Waals surface area contributed by atoms with Crippen LogP contribution in [0.15, 0.2) is 23.7 Å². The fourth-order valence-corrected chi connectivity index (χ4v) is 2.38. The zero-order valence-corrected chi connectivity index (χ0v) is 10.9. The Labute approximate surface area is 102 Å². The second kappa shape index (κ2) is 5.33. The molecule has 0 aromatic carbocycles. The van der Waals surface area contributed by atoms with E-state index in [-0.39, 0.29) is 23.3 Å². The molecule has 0 aliphatic rings. The summed E-state index contributed by atoms with van der Waals surface area (Å²) in [6, 6.07) is 0.0679. The molecule has 17 heavy (non-hydrogen) atoms. The first-order chi connectivity index (χ1) is 7.94. The Balaban J connectivity index is 3.08. The summed E-state index contributed by atoms with van der Waals surface area (Å²) in [7, 11) is -3.60. The molecule has 0 amide bonds. The second-order valence-electron chi connectivity index (χ2n) is 3.74. The van der Waals surface area contributed by atoms with Crippen molar-refractivity contribution in [2.45, 2.75) is 31.2 Å². The molecule has 0 spiro atoms. The predicted molar refractivity (Wildman–Crippen MR) is 67.0 cm³/mol. The SMILES string of the molecule is C=CCNS(=O)(=O)c1cnn(C(C)CC)c1N. The van der Waals surface area contributed by atoms with Gasteiger partial charge in [-0.05, 0) is 13.3 Å².